The van der Waals surface area contributed by atoms with E-state index in [9.17, 15) is 9.59 Å². The Morgan fingerprint density at radius 2 is 1.43 bits per heavy atom. The summed E-state index contributed by atoms with van der Waals surface area (Å²) in [6, 6.07) is 35.1. The number of methoxy groups -OCH3 is 1. The van der Waals surface area contributed by atoms with Crippen molar-refractivity contribution in [1.29, 1.82) is 0 Å². The average molecular weight is 532 g/mol. The molecule has 0 aliphatic carbocycles. The summed E-state index contributed by atoms with van der Waals surface area (Å²) in [6.45, 7) is 0.0750. The lowest BCUT2D eigenvalue weighted by Gasteiger charge is -2.21. The van der Waals surface area contributed by atoms with E-state index in [1.807, 2.05) is 109 Å². The number of hydrogen-bond acceptors (Lipinski definition) is 4. The molecule has 0 saturated carbocycles. The van der Waals surface area contributed by atoms with Crippen LogP contribution in [0.4, 0.5) is 4.79 Å². The fourth-order valence-corrected chi connectivity index (χ4v) is 4.59. The molecule has 1 fully saturated rings. The predicted octanol–water partition coefficient (Wildman–Crippen LogP) is 6.56. The zero-order chi connectivity index (χ0) is 27.9. The summed E-state index contributed by atoms with van der Waals surface area (Å²) in [5.41, 5.74) is 3.66. The molecule has 4 aromatic rings. The molecule has 0 radical (unpaired) electrons. The van der Waals surface area contributed by atoms with E-state index in [0.29, 0.717) is 17.0 Å². The van der Waals surface area contributed by atoms with Crippen molar-refractivity contribution >= 4 is 24.0 Å². The van der Waals surface area contributed by atoms with Gasteiger partial charge < -0.3 is 14.4 Å². The van der Waals surface area contributed by atoms with Crippen LogP contribution in [0, 0.1) is 0 Å². The molecule has 0 bridgehead atoms. The fourth-order valence-electron chi connectivity index (χ4n) is 4.59. The Labute approximate surface area is 233 Å². The quantitative estimate of drug-likeness (QED) is 0.282. The molecule has 1 saturated heterocycles. The first kappa shape index (κ1) is 26.4. The molecular formula is C33H29N3O4. The number of rotatable bonds is 6. The van der Waals surface area contributed by atoms with Crippen molar-refractivity contribution in [2.45, 2.75) is 12.6 Å². The summed E-state index contributed by atoms with van der Waals surface area (Å²) >= 11 is 0. The normalized spacial score (nSPS) is 16.8. The van der Waals surface area contributed by atoms with Gasteiger partial charge in [-0.05, 0) is 47.0 Å². The summed E-state index contributed by atoms with van der Waals surface area (Å²) < 4.78 is 11.1. The lowest BCUT2D eigenvalue weighted by molar-refractivity contribution is 0.0999. The Morgan fingerprint density at radius 1 is 0.825 bits per heavy atom. The second kappa shape index (κ2) is 12.1. The highest BCUT2D eigenvalue weighted by Crippen LogP contribution is 2.40. The van der Waals surface area contributed by atoms with Gasteiger partial charge >= 0.3 is 6.09 Å². The molecule has 1 atom stereocenters. The Balaban J connectivity index is 1.62. The highest BCUT2D eigenvalue weighted by Gasteiger charge is 2.44. The number of aliphatic imine (C=N–C) groups is 1. The van der Waals surface area contributed by atoms with Crippen molar-refractivity contribution in [1.82, 2.24) is 9.80 Å². The van der Waals surface area contributed by atoms with Crippen molar-refractivity contribution in [3.63, 3.8) is 0 Å². The number of nitrogens with zero attached hydrogens (tertiary/aromatic N) is 3. The molecule has 4 aromatic carbocycles. The number of likely N-dealkylation sites (N-methyl/N-ethyl adjacent to an activating group) is 1. The van der Waals surface area contributed by atoms with Crippen molar-refractivity contribution in [2.75, 3.05) is 14.2 Å². The molecule has 40 heavy (non-hydrogen) atoms. The third-order valence-electron chi connectivity index (χ3n) is 6.60. The third kappa shape index (κ3) is 5.78. The monoisotopic (exact) mass is 531 g/mol. The minimum absolute atomic E-state index is 0.0750. The Kier molecular flexibility index (Phi) is 8.02. The molecular weight excluding hydrogens is 502 g/mol. The summed E-state index contributed by atoms with van der Waals surface area (Å²) in [4.78, 5) is 34.7. The van der Waals surface area contributed by atoms with Crippen LogP contribution in [0.1, 0.15) is 33.1 Å². The maximum Gasteiger partial charge on any atom is 0.421 e. The summed E-state index contributed by atoms with van der Waals surface area (Å²) in [7, 11) is 3.43. The molecule has 7 nitrogen and oxygen atoms in total. The van der Waals surface area contributed by atoms with Crippen LogP contribution in [0.15, 0.2) is 126 Å². The van der Waals surface area contributed by atoms with E-state index in [2.05, 4.69) is 4.99 Å². The molecule has 0 spiro atoms. The van der Waals surface area contributed by atoms with Gasteiger partial charge in [-0.1, -0.05) is 91.0 Å². The molecule has 200 valence electrons. The Bertz CT molecular complexity index is 1520. The maximum absolute atomic E-state index is 13.8. The van der Waals surface area contributed by atoms with E-state index in [1.54, 1.807) is 31.4 Å². The zero-order valence-corrected chi connectivity index (χ0v) is 22.3. The number of carbonyl (C=O) groups excluding carboxylic acids is 2. The van der Waals surface area contributed by atoms with Crippen LogP contribution in [0.2, 0.25) is 0 Å². The van der Waals surface area contributed by atoms with Crippen LogP contribution in [-0.4, -0.2) is 41.9 Å². The first-order valence-corrected chi connectivity index (χ1v) is 12.9. The Hall–Kier alpha value is -5.17. The van der Waals surface area contributed by atoms with Gasteiger partial charge in [0.1, 0.15) is 12.4 Å². The van der Waals surface area contributed by atoms with Gasteiger partial charge in [0.25, 0.3) is 5.91 Å². The summed E-state index contributed by atoms with van der Waals surface area (Å²) in [6.07, 6.45) is 1.29. The second-order valence-corrected chi connectivity index (χ2v) is 9.23. The second-order valence-electron chi connectivity index (χ2n) is 9.23. The first-order valence-electron chi connectivity index (χ1n) is 12.9. The number of benzene rings is 4. The largest absolute Gasteiger partial charge is 0.497 e. The fraction of sp³-hybridized carbons (Fsp3) is 0.121. The van der Waals surface area contributed by atoms with E-state index in [-0.39, 0.29) is 12.6 Å². The molecule has 7 heteroatoms. The van der Waals surface area contributed by atoms with Crippen LogP contribution in [0.5, 0.6) is 5.75 Å². The van der Waals surface area contributed by atoms with Gasteiger partial charge in [0.05, 0.1) is 18.8 Å². The SMILES string of the molecule is COc1ccc(C2/C(=C/c3ccccc3)N(C(=O)OCc3ccccc3)/C(=N\C(=O)c3ccccc3)N2C)cc1. The minimum Gasteiger partial charge on any atom is -0.497 e. The van der Waals surface area contributed by atoms with Gasteiger partial charge in [-0.15, -0.1) is 0 Å². The number of hydrogen-bond donors (Lipinski definition) is 0. The van der Waals surface area contributed by atoms with E-state index in [0.717, 1.165) is 16.7 Å². The summed E-state index contributed by atoms with van der Waals surface area (Å²) in [5.74, 6) is 0.429. The van der Waals surface area contributed by atoms with Crippen molar-refractivity contribution in [2.24, 2.45) is 4.99 Å². The zero-order valence-electron chi connectivity index (χ0n) is 22.3. The maximum atomic E-state index is 13.8. The van der Waals surface area contributed by atoms with Crippen molar-refractivity contribution in [3.05, 3.63) is 143 Å². The van der Waals surface area contributed by atoms with Gasteiger partial charge in [-0.2, -0.15) is 4.99 Å². The number of ether oxygens (including phenoxy) is 2. The number of carbonyl (C=O) groups is 2. The standard InChI is InChI=1S/C33H29N3O4/c1-35-30(26-18-20-28(39-2)21-19-26)29(22-24-12-6-3-7-13-24)36(33(38)40-23-25-14-8-4-9-15-25)32(35)34-31(37)27-16-10-5-11-17-27/h3-22,30H,23H2,1-2H3/b29-22-,34-32-. The van der Waals surface area contributed by atoms with Crippen molar-refractivity contribution < 1.29 is 19.1 Å². The topological polar surface area (TPSA) is 71.4 Å². The van der Waals surface area contributed by atoms with Gasteiger partial charge in [0.2, 0.25) is 5.96 Å². The number of guanidine groups is 1. The van der Waals surface area contributed by atoms with Crippen molar-refractivity contribution in [3.8, 4) is 5.75 Å². The average Bonchev–Trinajstić information content (AvgIpc) is 3.27. The third-order valence-corrected chi connectivity index (χ3v) is 6.60. The van der Waals surface area contributed by atoms with Gasteiger partial charge in [-0.25, -0.2) is 9.69 Å². The molecule has 1 heterocycles. The summed E-state index contributed by atoms with van der Waals surface area (Å²) in [5, 5.41) is 0. The predicted molar refractivity (Wildman–Crippen MR) is 155 cm³/mol. The van der Waals surface area contributed by atoms with E-state index in [4.69, 9.17) is 9.47 Å². The lowest BCUT2D eigenvalue weighted by Crippen LogP contribution is -2.37. The molecule has 0 aromatic heterocycles. The molecule has 1 aliphatic rings. The molecule has 1 unspecified atom stereocenters. The van der Waals surface area contributed by atoms with Crippen LogP contribution in [0.3, 0.4) is 0 Å². The number of amides is 2. The van der Waals surface area contributed by atoms with Gasteiger partial charge in [-0.3, -0.25) is 4.79 Å². The van der Waals surface area contributed by atoms with Gasteiger partial charge in [0, 0.05) is 12.6 Å². The van der Waals surface area contributed by atoms with Gasteiger partial charge in [0.15, 0.2) is 0 Å². The highest BCUT2D eigenvalue weighted by atomic mass is 16.6. The molecule has 5 rings (SSSR count). The smallest absolute Gasteiger partial charge is 0.421 e. The van der Waals surface area contributed by atoms with Crippen LogP contribution in [-0.2, 0) is 11.3 Å². The van der Waals surface area contributed by atoms with E-state index < -0.39 is 18.0 Å². The lowest BCUT2D eigenvalue weighted by atomic mass is 10.0. The van der Waals surface area contributed by atoms with Crippen LogP contribution < -0.4 is 4.74 Å². The molecule has 1 aliphatic heterocycles. The first-order chi connectivity index (χ1) is 19.5. The Morgan fingerprint density at radius 3 is 2.05 bits per heavy atom. The minimum atomic E-state index is -0.631. The molecule has 2 amide bonds. The van der Waals surface area contributed by atoms with Crippen LogP contribution >= 0.6 is 0 Å². The van der Waals surface area contributed by atoms with E-state index in [1.165, 1.54) is 4.90 Å². The van der Waals surface area contributed by atoms with E-state index >= 15 is 0 Å². The molecule has 0 N–H and O–H groups in total. The van der Waals surface area contributed by atoms with Crippen LogP contribution in [0.25, 0.3) is 6.08 Å². The highest BCUT2D eigenvalue weighted by molar-refractivity contribution is 6.08.